The molecule has 3 atom stereocenters. The normalized spacial score (nSPS) is 27.6. The summed E-state index contributed by atoms with van der Waals surface area (Å²) in [7, 11) is 2.86. The molecule has 0 bridgehead atoms. The maximum Gasteiger partial charge on any atom is 0.259 e. The first kappa shape index (κ1) is 19.8. The van der Waals surface area contributed by atoms with Gasteiger partial charge in [0.15, 0.2) is 0 Å². The fourth-order valence-corrected chi connectivity index (χ4v) is 8.97. The Morgan fingerprint density at radius 1 is 1.30 bits per heavy atom. The van der Waals surface area contributed by atoms with Crippen LogP contribution >= 0.6 is 30.1 Å². The number of hydrogen-bond donors (Lipinski definition) is 0. The van der Waals surface area contributed by atoms with E-state index in [4.69, 9.17) is 14.3 Å². The highest BCUT2D eigenvalue weighted by Crippen LogP contribution is 2.64. The van der Waals surface area contributed by atoms with Crippen molar-refractivity contribution in [2.45, 2.75) is 88.5 Å². The van der Waals surface area contributed by atoms with Gasteiger partial charge in [-0.2, -0.15) is 5.26 Å². The molecule has 132 valence electrons. The van der Waals surface area contributed by atoms with Crippen molar-refractivity contribution >= 4 is 30.1 Å². The molecule has 4 nitrogen and oxygen atoms in total. The molecule has 1 saturated heterocycles. The molecule has 2 fully saturated rings. The Hall–Kier alpha value is 0.500. The summed E-state index contributed by atoms with van der Waals surface area (Å²) >= 11 is 0. The van der Waals surface area contributed by atoms with Gasteiger partial charge in [-0.05, 0) is 47.5 Å². The van der Waals surface area contributed by atoms with E-state index in [1.807, 2.05) is 21.6 Å². The Balaban J connectivity index is 2.11. The van der Waals surface area contributed by atoms with Gasteiger partial charge in [-0.3, -0.25) is 0 Å². The van der Waals surface area contributed by atoms with Crippen LogP contribution in [0.25, 0.3) is 0 Å². The van der Waals surface area contributed by atoms with Crippen molar-refractivity contribution in [3.63, 3.8) is 0 Å². The maximum absolute atomic E-state index is 8.81. The predicted molar refractivity (Wildman–Crippen MR) is 101 cm³/mol. The second kappa shape index (κ2) is 8.74. The molecule has 0 N–H and O–H groups in total. The van der Waals surface area contributed by atoms with Gasteiger partial charge in [0.2, 0.25) is 0 Å². The van der Waals surface area contributed by atoms with Crippen LogP contribution in [-0.2, 0) is 9.05 Å². The molecule has 1 aliphatic heterocycles. The molecular formula is C16H29N2O2PS2. The number of rotatable bonds is 8. The number of nitriles is 1. The third-order valence-electron chi connectivity index (χ3n) is 4.38. The molecule has 1 saturated carbocycles. The summed E-state index contributed by atoms with van der Waals surface area (Å²) in [4.78, 5) is 0. The Kier molecular flexibility index (Phi) is 7.53. The van der Waals surface area contributed by atoms with E-state index in [1.54, 1.807) is 0 Å². The fraction of sp³-hybridized carbons (Fsp3) is 0.938. The van der Waals surface area contributed by atoms with Gasteiger partial charge < -0.3 is 9.05 Å². The van der Waals surface area contributed by atoms with Crippen LogP contribution in [-0.4, -0.2) is 39.5 Å². The van der Waals surface area contributed by atoms with E-state index in [-0.39, 0.29) is 6.10 Å². The maximum atomic E-state index is 8.81. The van der Waals surface area contributed by atoms with Crippen molar-refractivity contribution in [1.29, 1.82) is 5.26 Å². The second-order valence-corrected chi connectivity index (χ2v) is 11.3. The lowest BCUT2D eigenvalue weighted by molar-refractivity contribution is 0.0831. The van der Waals surface area contributed by atoms with Crippen molar-refractivity contribution in [3.8, 4) is 6.07 Å². The molecule has 0 amide bonds. The highest BCUT2D eigenvalue weighted by molar-refractivity contribution is 8.78. The van der Waals surface area contributed by atoms with E-state index >= 15 is 0 Å². The Bertz CT molecular complexity index is 419. The summed E-state index contributed by atoms with van der Waals surface area (Å²) in [6, 6.07) is 2.88. The zero-order chi connectivity index (χ0) is 17.0. The zero-order valence-electron chi connectivity index (χ0n) is 14.8. The van der Waals surface area contributed by atoms with Crippen molar-refractivity contribution in [1.82, 2.24) is 4.67 Å². The molecule has 1 spiro atoms. The third kappa shape index (κ3) is 4.57. The van der Waals surface area contributed by atoms with Gasteiger partial charge >= 0.3 is 0 Å². The molecule has 0 aromatic heterocycles. The Morgan fingerprint density at radius 3 is 2.43 bits per heavy atom. The summed E-state index contributed by atoms with van der Waals surface area (Å²) in [5.41, 5.74) is 0. The molecule has 2 aliphatic rings. The highest BCUT2D eigenvalue weighted by atomic mass is 33.1. The number of hydrogen-bond acceptors (Lipinski definition) is 6. The first-order chi connectivity index (χ1) is 10.9. The average Bonchev–Trinajstić information content (AvgIpc) is 2.75. The molecule has 0 radical (unpaired) electrons. The van der Waals surface area contributed by atoms with Crippen LogP contribution in [0, 0.1) is 11.3 Å². The molecule has 1 unspecified atom stereocenters. The smallest absolute Gasteiger partial charge is 0.259 e. The lowest BCUT2D eigenvalue weighted by Crippen LogP contribution is -2.47. The van der Waals surface area contributed by atoms with Crippen LogP contribution in [0.3, 0.4) is 0 Å². The minimum absolute atomic E-state index is 0.249. The van der Waals surface area contributed by atoms with Gasteiger partial charge in [-0.25, -0.2) is 4.67 Å². The van der Waals surface area contributed by atoms with Crippen molar-refractivity contribution in [2.75, 3.05) is 6.61 Å². The van der Waals surface area contributed by atoms with Crippen LogP contribution in [0.1, 0.15) is 60.3 Å². The van der Waals surface area contributed by atoms with E-state index in [0.29, 0.717) is 35.1 Å². The molecule has 1 aliphatic carbocycles. The highest BCUT2D eigenvalue weighted by Gasteiger charge is 2.54. The standard InChI is InChI=1S/C16H29N2O2PS2/c1-12(2)18(13(3)4)21(19-11-7-10-17)20-15-14(5)22-23-16(15)8-6-9-16/h12-15H,6-9,11H2,1-5H3/t14-,15+,21?/m0/s1. The molecule has 7 heteroatoms. The van der Waals surface area contributed by atoms with E-state index in [0.717, 1.165) is 0 Å². The first-order valence-corrected chi connectivity index (χ1v) is 11.8. The van der Waals surface area contributed by atoms with Gasteiger partial charge in [-0.15, -0.1) is 0 Å². The van der Waals surface area contributed by atoms with Gasteiger partial charge in [0.1, 0.15) is 0 Å². The van der Waals surface area contributed by atoms with Crippen LogP contribution < -0.4 is 0 Å². The lowest BCUT2D eigenvalue weighted by atomic mass is 9.79. The minimum Gasteiger partial charge on any atom is -0.321 e. The summed E-state index contributed by atoms with van der Waals surface area (Å²) in [6.07, 6.45) is 4.49. The fourth-order valence-electron chi connectivity index (χ4n) is 3.16. The van der Waals surface area contributed by atoms with E-state index in [2.05, 4.69) is 45.4 Å². The molecule has 23 heavy (non-hydrogen) atoms. The minimum atomic E-state index is -1.13. The Labute approximate surface area is 150 Å². The lowest BCUT2D eigenvalue weighted by Gasteiger charge is -2.45. The van der Waals surface area contributed by atoms with Crippen molar-refractivity contribution < 1.29 is 9.05 Å². The van der Waals surface area contributed by atoms with E-state index in [1.165, 1.54) is 19.3 Å². The molecule has 1 heterocycles. The summed E-state index contributed by atoms with van der Waals surface area (Å²) in [5.74, 6) is 0. The third-order valence-corrected chi connectivity index (χ3v) is 10.3. The average molecular weight is 377 g/mol. The van der Waals surface area contributed by atoms with E-state index in [9.17, 15) is 0 Å². The molecule has 2 rings (SSSR count). The first-order valence-electron chi connectivity index (χ1n) is 8.51. The SMILES string of the molecule is CC(C)N(C(C)C)P(OCCC#N)O[C@@H]1[C@H](C)SSC12CCC2. The Morgan fingerprint density at radius 2 is 1.96 bits per heavy atom. The van der Waals surface area contributed by atoms with Gasteiger partial charge in [0, 0.05) is 17.3 Å². The van der Waals surface area contributed by atoms with Crippen LogP contribution in [0.4, 0.5) is 0 Å². The van der Waals surface area contributed by atoms with Crippen LogP contribution in [0.2, 0.25) is 0 Å². The summed E-state index contributed by atoms with van der Waals surface area (Å²) in [5, 5.41) is 9.30. The summed E-state index contributed by atoms with van der Waals surface area (Å²) < 4.78 is 15.3. The van der Waals surface area contributed by atoms with Gasteiger partial charge in [0.25, 0.3) is 8.53 Å². The van der Waals surface area contributed by atoms with Gasteiger partial charge in [0.05, 0.1) is 29.9 Å². The monoisotopic (exact) mass is 376 g/mol. The predicted octanol–water partition coefficient (Wildman–Crippen LogP) is 5.35. The van der Waals surface area contributed by atoms with Crippen molar-refractivity contribution in [3.05, 3.63) is 0 Å². The molecule has 0 aromatic rings. The van der Waals surface area contributed by atoms with Crippen LogP contribution in [0.5, 0.6) is 0 Å². The van der Waals surface area contributed by atoms with Gasteiger partial charge in [-0.1, -0.05) is 28.0 Å². The quantitative estimate of drug-likeness (QED) is 0.323. The van der Waals surface area contributed by atoms with E-state index < -0.39 is 8.53 Å². The molecule has 0 aromatic carbocycles. The van der Waals surface area contributed by atoms with Crippen molar-refractivity contribution in [2.24, 2.45) is 0 Å². The summed E-state index contributed by atoms with van der Waals surface area (Å²) in [6.45, 7) is 11.5. The van der Waals surface area contributed by atoms with Crippen LogP contribution in [0.15, 0.2) is 0 Å². The molecular weight excluding hydrogens is 347 g/mol. The number of nitrogens with zero attached hydrogens (tertiary/aromatic N) is 2. The second-order valence-electron chi connectivity index (χ2n) is 6.88. The largest absolute Gasteiger partial charge is 0.321 e. The zero-order valence-corrected chi connectivity index (χ0v) is 17.3. The topological polar surface area (TPSA) is 45.5 Å².